The first-order valence-corrected chi connectivity index (χ1v) is 9.87. The number of oxazole rings is 1. The molecule has 2 heterocycles. The molecule has 2 aliphatic rings. The SMILES string of the molecule is CC1=CC(C)(O)C(=O)C(C#N)C1(O)N1CCC(c2nc3cc(C)ccc3o2)CC1. The van der Waals surface area contributed by atoms with Gasteiger partial charge in [0.2, 0.25) is 0 Å². The van der Waals surface area contributed by atoms with Crippen molar-refractivity contribution in [2.24, 2.45) is 5.92 Å². The molecule has 2 N–H and O–H groups in total. The smallest absolute Gasteiger partial charge is 0.198 e. The fourth-order valence-electron chi connectivity index (χ4n) is 4.58. The number of hydrogen-bond donors (Lipinski definition) is 2. The highest BCUT2D eigenvalue weighted by molar-refractivity contribution is 5.95. The minimum atomic E-state index is -1.74. The van der Waals surface area contributed by atoms with Crippen LogP contribution >= 0.6 is 0 Å². The molecule has 0 radical (unpaired) electrons. The van der Waals surface area contributed by atoms with Crippen molar-refractivity contribution >= 4 is 16.9 Å². The summed E-state index contributed by atoms with van der Waals surface area (Å²) in [6.07, 6.45) is 2.73. The number of benzene rings is 1. The average molecular weight is 395 g/mol. The second-order valence-electron chi connectivity index (χ2n) is 8.41. The topological polar surface area (TPSA) is 111 Å². The van der Waals surface area contributed by atoms with Crippen LogP contribution in [0.2, 0.25) is 0 Å². The molecule has 1 saturated heterocycles. The van der Waals surface area contributed by atoms with Crippen LogP contribution in [0.4, 0.5) is 0 Å². The van der Waals surface area contributed by atoms with E-state index in [9.17, 15) is 20.3 Å². The molecule has 1 fully saturated rings. The summed E-state index contributed by atoms with van der Waals surface area (Å²) in [5.41, 5.74) is -0.316. The molecule has 1 aromatic heterocycles. The monoisotopic (exact) mass is 395 g/mol. The van der Waals surface area contributed by atoms with E-state index in [1.54, 1.807) is 11.8 Å². The number of hydrogen-bond acceptors (Lipinski definition) is 7. The summed E-state index contributed by atoms with van der Waals surface area (Å²) < 4.78 is 5.93. The van der Waals surface area contributed by atoms with Crippen molar-refractivity contribution in [3.05, 3.63) is 41.3 Å². The van der Waals surface area contributed by atoms with Crippen molar-refractivity contribution in [1.82, 2.24) is 9.88 Å². The third-order valence-electron chi connectivity index (χ3n) is 6.26. The van der Waals surface area contributed by atoms with Crippen LogP contribution in [-0.2, 0) is 4.79 Å². The van der Waals surface area contributed by atoms with Crippen molar-refractivity contribution in [2.45, 2.75) is 50.9 Å². The van der Waals surface area contributed by atoms with Gasteiger partial charge in [0.15, 0.2) is 28.9 Å². The molecule has 152 valence electrons. The van der Waals surface area contributed by atoms with Gasteiger partial charge in [0.25, 0.3) is 0 Å². The Hall–Kier alpha value is -2.53. The van der Waals surface area contributed by atoms with Crippen molar-refractivity contribution in [1.29, 1.82) is 5.26 Å². The maximum absolute atomic E-state index is 12.6. The van der Waals surface area contributed by atoms with Gasteiger partial charge in [0, 0.05) is 19.0 Å². The van der Waals surface area contributed by atoms with Gasteiger partial charge in [-0.2, -0.15) is 5.26 Å². The number of carbonyl (C=O) groups excluding carboxylic acids is 1. The Labute approximate surface area is 169 Å². The summed E-state index contributed by atoms with van der Waals surface area (Å²) in [4.78, 5) is 19.0. The molecular weight excluding hydrogens is 370 g/mol. The summed E-state index contributed by atoms with van der Waals surface area (Å²) in [5, 5.41) is 31.3. The van der Waals surface area contributed by atoms with Gasteiger partial charge in [0.1, 0.15) is 11.1 Å². The standard InChI is InChI=1S/C22H25N3O4/c1-13-4-5-18-17(10-13)24-20(29-18)15-6-8-25(9-7-15)22(28)14(2)11-21(3,27)19(26)16(22)12-23/h4-5,10-11,15-16,27-28H,6-9H2,1-3H3. The zero-order valence-electron chi connectivity index (χ0n) is 16.8. The molecule has 7 nitrogen and oxygen atoms in total. The highest BCUT2D eigenvalue weighted by Crippen LogP contribution is 2.41. The van der Waals surface area contributed by atoms with Gasteiger partial charge in [-0.3, -0.25) is 9.69 Å². The number of piperidine rings is 1. The van der Waals surface area contributed by atoms with E-state index in [1.807, 2.05) is 31.2 Å². The Morgan fingerprint density at radius 1 is 1.28 bits per heavy atom. The van der Waals surface area contributed by atoms with Gasteiger partial charge in [-0.05, 0) is 63.0 Å². The third-order valence-corrected chi connectivity index (χ3v) is 6.26. The third kappa shape index (κ3) is 3.08. The lowest BCUT2D eigenvalue weighted by molar-refractivity contribution is -0.162. The highest BCUT2D eigenvalue weighted by atomic mass is 16.3. The summed E-state index contributed by atoms with van der Waals surface area (Å²) in [5.74, 6) is -1.23. The van der Waals surface area contributed by atoms with Crippen molar-refractivity contribution in [3.8, 4) is 6.07 Å². The zero-order chi connectivity index (χ0) is 21.0. The van der Waals surface area contributed by atoms with Crippen LogP contribution in [0.25, 0.3) is 11.1 Å². The van der Waals surface area contributed by atoms with Crippen LogP contribution in [-0.4, -0.2) is 50.3 Å². The van der Waals surface area contributed by atoms with E-state index in [0.717, 1.165) is 16.7 Å². The number of likely N-dealkylation sites (tertiary alicyclic amines) is 1. The van der Waals surface area contributed by atoms with Crippen LogP contribution in [0.3, 0.4) is 0 Å². The molecule has 4 rings (SSSR count). The summed E-state index contributed by atoms with van der Waals surface area (Å²) >= 11 is 0. The second-order valence-corrected chi connectivity index (χ2v) is 8.41. The van der Waals surface area contributed by atoms with E-state index in [2.05, 4.69) is 4.98 Å². The van der Waals surface area contributed by atoms with E-state index in [1.165, 1.54) is 13.0 Å². The lowest BCUT2D eigenvalue weighted by Crippen LogP contribution is -2.63. The number of aliphatic hydroxyl groups is 2. The zero-order valence-corrected chi connectivity index (χ0v) is 16.8. The van der Waals surface area contributed by atoms with Gasteiger partial charge < -0.3 is 14.6 Å². The van der Waals surface area contributed by atoms with Crippen molar-refractivity contribution in [3.63, 3.8) is 0 Å². The molecule has 0 bridgehead atoms. The van der Waals surface area contributed by atoms with E-state index in [4.69, 9.17) is 4.42 Å². The summed E-state index contributed by atoms with van der Waals surface area (Å²) in [6, 6.07) is 7.82. The molecule has 1 aliphatic carbocycles. The minimum Gasteiger partial charge on any atom is -0.440 e. The fraction of sp³-hybridized carbons (Fsp3) is 0.500. The van der Waals surface area contributed by atoms with Crippen LogP contribution in [0, 0.1) is 24.2 Å². The highest BCUT2D eigenvalue weighted by Gasteiger charge is 2.56. The maximum atomic E-state index is 12.6. The normalized spacial score (nSPS) is 31.7. The molecule has 29 heavy (non-hydrogen) atoms. The van der Waals surface area contributed by atoms with Gasteiger partial charge in [-0.1, -0.05) is 6.07 Å². The lowest BCUT2D eigenvalue weighted by Gasteiger charge is -2.48. The maximum Gasteiger partial charge on any atom is 0.198 e. The van der Waals surface area contributed by atoms with Gasteiger partial charge in [-0.15, -0.1) is 0 Å². The lowest BCUT2D eigenvalue weighted by atomic mass is 9.72. The quantitative estimate of drug-likeness (QED) is 0.751. The second kappa shape index (κ2) is 6.77. The molecule has 1 aliphatic heterocycles. The fourth-order valence-corrected chi connectivity index (χ4v) is 4.58. The predicted octanol–water partition coefficient (Wildman–Crippen LogP) is 2.42. The van der Waals surface area contributed by atoms with E-state index >= 15 is 0 Å². The van der Waals surface area contributed by atoms with Crippen LogP contribution < -0.4 is 0 Å². The molecule has 3 atom stereocenters. The number of fused-ring (bicyclic) bond motifs is 1. The van der Waals surface area contributed by atoms with Crippen molar-refractivity contribution in [2.75, 3.05) is 13.1 Å². The van der Waals surface area contributed by atoms with Crippen LogP contribution in [0.5, 0.6) is 0 Å². The number of rotatable bonds is 2. The van der Waals surface area contributed by atoms with E-state index < -0.39 is 23.0 Å². The molecule has 1 aromatic carbocycles. The Balaban J connectivity index is 1.57. The first-order valence-electron chi connectivity index (χ1n) is 9.87. The molecule has 2 aromatic rings. The molecule has 0 amide bonds. The largest absolute Gasteiger partial charge is 0.440 e. The molecule has 3 unspecified atom stereocenters. The molecule has 0 spiro atoms. The Bertz CT molecular complexity index is 1040. The van der Waals surface area contributed by atoms with Gasteiger partial charge >= 0.3 is 0 Å². The number of aromatic nitrogens is 1. The number of nitriles is 1. The first kappa shape index (κ1) is 19.8. The first-order chi connectivity index (χ1) is 13.7. The predicted molar refractivity (Wildman–Crippen MR) is 106 cm³/mol. The minimum absolute atomic E-state index is 0.106. The number of nitrogens with zero attached hydrogens (tertiary/aromatic N) is 3. The molecular formula is C22H25N3O4. The Morgan fingerprint density at radius 2 is 1.97 bits per heavy atom. The number of carbonyl (C=O) groups is 1. The number of aryl methyl sites for hydroxylation is 1. The summed E-state index contributed by atoms with van der Waals surface area (Å²) in [7, 11) is 0. The van der Waals surface area contributed by atoms with Gasteiger partial charge in [0.05, 0.1) is 6.07 Å². The van der Waals surface area contributed by atoms with Crippen LogP contribution in [0.1, 0.15) is 44.1 Å². The van der Waals surface area contributed by atoms with E-state index in [0.29, 0.717) is 37.4 Å². The molecule has 0 saturated carbocycles. The summed E-state index contributed by atoms with van der Waals surface area (Å²) in [6.45, 7) is 5.98. The number of Topliss-reactive ketones (excluding diaryl/α,β-unsaturated/α-hetero) is 1. The van der Waals surface area contributed by atoms with Crippen LogP contribution in [0.15, 0.2) is 34.3 Å². The number of ketones is 1. The average Bonchev–Trinajstić information content (AvgIpc) is 3.10. The Morgan fingerprint density at radius 3 is 2.62 bits per heavy atom. The molecule has 7 heteroatoms. The van der Waals surface area contributed by atoms with Crippen molar-refractivity contribution < 1.29 is 19.4 Å². The Kier molecular flexibility index (Phi) is 4.61. The van der Waals surface area contributed by atoms with Gasteiger partial charge in [-0.25, -0.2) is 4.98 Å². The van der Waals surface area contributed by atoms with E-state index in [-0.39, 0.29) is 5.92 Å².